The van der Waals surface area contributed by atoms with Crippen LogP contribution >= 0.6 is 11.3 Å². The van der Waals surface area contributed by atoms with Gasteiger partial charge in [0.05, 0.1) is 5.01 Å². The molecule has 0 bridgehead atoms. The van der Waals surface area contributed by atoms with Gasteiger partial charge in [0.25, 0.3) is 0 Å². The van der Waals surface area contributed by atoms with Crippen LogP contribution in [0.25, 0.3) is 0 Å². The zero-order valence-corrected chi connectivity index (χ0v) is 17.4. The van der Waals surface area contributed by atoms with Gasteiger partial charge in [-0.1, -0.05) is 19.3 Å². The van der Waals surface area contributed by atoms with Crippen LogP contribution in [0.15, 0.2) is 10.4 Å². The Morgan fingerprint density at radius 2 is 2.03 bits per heavy atom. The summed E-state index contributed by atoms with van der Waals surface area (Å²) in [5.41, 5.74) is -0.829. The Balaban J connectivity index is 1.60. The molecule has 7 nitrogen and oxygen atoms in total. The van der Waals surface area contributed by atoms with E-state index in [0.717, 1.165) is 41.2 Å². The Labute approximate surface area is 171 Å². The first-order valence-electron chi connectivity index (χ1n) is 9.74. The molecule has 2 heterocycles. The maximum atomic E-state index is 12.7. The topological polar surface area (TPSA) is 80.0 Å². The van der Waals surface area contributed by atoms with E-state index in [4.69, 9.17) is 0 Å². The summed E-state index contributed by atoms with van der Waals surface area (Å²) < 4.78 is 40.0. The lowest BCUT2D eigenvalue weighted by molar-refractivity contribution is -0.140. The number of nitrogens with zero attached hydrogens (tertiary/aromatic N) is 5. The number of guanidine groups is 1. The molecule has 11 heteroatoms. The van der Waals surface area contributed by atoms with Gasteiger partial charge in [0, 0.05) is 31.4 Å². The number of aliphatic imine (C=N–C) groups is 1. The second-order valence-corrected chi connectivity index (χ2v) is 8.11. The van der Waals surface area contributed by atoms with Crippen molar-refractivity contribution in [1.82, 2.24) is 30.4 Å². The molecule has 0 unspecified atom stereocenters. The van der Waals surface area contributed by atoms with Crippen LogP contribution < -0.4 is 10.6 Å². The first-order valence-corrected chi connectivity index (χ1v) is 10.6. The zero-order valence-electron chi connectivity index (χ0n) is 16.6. The Kier molecular flexibility index (Phi) is 7.09. The van der Waals surface area contributed by atoms with Gasteiger partial charge >= 0.3 is 6.18 Å². The molecule has 29 heavy (non-hydrogen) atoms. The number of aromatic nitrogens is 4. The Morgan fingerprint density at radius 3 is 2.66 bits per heavy atom. The van der Waals surface area contributed by atoms with E-state index in [2.05, 4.69) is 30.8 Å². The van der Waals surface area contributed by atoms with E-state index >= 15 is 0 Å². The largest absolute Gasteiger partial charge is 0.434 e. The van der Waals surface area contributed by atoms with E-state index in [1.807, 2.05) is 18.5 Å². The molecule has 160 valence electrons. The molecule has 0 aromatic carbocycles. The summed E-state index contributed by atoms with van der Waals surface area (Å²) in [4.78, 5) is 8.29. The number of thiazole rings is 1. The first kappa shape index (κ1) is 21.5. The summed E-state index contributed by atoms with van der Waals surface area (Å²) in [7, 11) is 1.89. The highest BCUT2D eigenvalue weighted by Crippen LogP contribution is 2.30. The Morgan fingerprint density at radius 1 is 1.28 bits per heavy atom. The van der Waals surface area contributed by atoms with E-state index in [9.17, 15) is 13.2 Å². The van der Waals surface area contributed by atoms with Crippen LogP contribution in [0.5, 0.6) is 0 Å². The monoisotopic (exact) mass is 429 g/mol. The SMILES string of the molecule is Cc1nnc(CN=C(NCCc2nc(C(F)(F)F)cs2)NC2CCCCC2)n1C. The fourth-order valence-corrected chi connectivity index (χ4v) is 3.98. The normalized spacial score (nSPS) is 16.2. The van der Waals surface area contributed by atoms with Crippen LogP contribution in [-0.2, 0) is 26.2 Å². The van der Waals surface area contributed by atoms with Crippen molar-refractivity contribution in [2.75, 3.05) is 6.54 Å². The zero-order chi connectivity index (χ0) is 20.9. The lowest BCUT2D eigenvalue weighted by atomic mass is 9.96. The second kappa shape index (κ2) is 9.55. The van der Waals surface area contributed by atoms with Gasteiger partial charge in [0.1, 0.15) is 12.4 Å². The van der Waals surface area contributed by atoms with Gasteiger partial charge in [-0.25, -0.2) is 9.98 Å². The van der Waals surface area contributed by atoms with Gasteiger partial charge in [-0.15, -0.1) is 21.5 Å². The van der Waals surface area contributed by atoms with Gasteiger partial charge in [0.2, 0.25) is 0 Å². The Hall–Kier alpha value is -2.17. The molecule has 0 atom stereocenters. The summed E-state index contributed by atoms with van der Waals surface area (Å²) in [6, 6.07) is 0.355. The van der Waals surface area contributed by atoms with E-state index in [-0.39, 0.29) is 0 Å². The van der Waals surface area contributed by atoms with E-state index in [1.54, 1.807) is 0 Å². The maximum Gasteiger partial charge on any atom is 0.434 e. The molecule has 0 aliphatic heterocycles. The summed E-state index contributed by atoms with van der Waals surface area (Å²) >= 11 is 1.03. The van der Waals surface area contributed by atoms with Gasteiger partial charge in [0.15, 0.2) is 17.5 Å². The maximum absolute atomic E-state index is 12.7. The van der Waals surface area contributed by atoms with Gasteiger partial charge in [-0.3, -0.25) is 0 Å². The number of alkyl halides is 3. The van der Waals surface area contributed by atoms with E-state index in [0.29, 0.717) is 36.5 Å². The van der Waals surface area contributed by atoms with Crippen molar-refractivity contribution in [1.29, 1.82) is 0 Å². The van der Waals surface area contributed by atoms with Crippen molar-refractivity contribution in [3.05, 3.63) is 27.7 Å². The van der Waals surface area contributed by atoms with Crippen LogP contribution in [0.4, 0.5) is 13.2 Å². The lowest BCUT2D eigenvalue weighted by Gasteiger charge is -2.25. The molecule has 2 aromatic heterocycles. The fraction of sp³-hybridized carbons (Fsp3) is 0.667. The van der Waals surface area contributed by atoms with Crippen molar-refractivity contribution >= 4 is 17.3 Å². The van der Waals surface area contributed by atoms with Gasteiger partial charge in [-0.05, 0) is 19.8 Å². The van der Waals surface area contributed by atoms with Crippen LogP contribution in [0.2, 0.25) is 0 Å². The lowest BCUT2D eigenvalue weighted by Crippen LogP contribution is -2.44. The third-order valence-corrected chi connectivity index (χ3v) is 5.89. The number of aryl methyl sites for hydroxylation is 1. The number of nitrogens with one attached hydrogen (secondary N) is 2. The molecule has 1 aliphatic rings. The summed E-state index contributed by atoms with van der Waals surface area (Å²) in [6.07, 6.45) is 1.80. The molecular formula is C18H26F3N7S. The van der Waals surface area contributed by atoms with Crippen LogP contribution in [0, 0.1) is 6.92 Å². The molecule has 1 fully saturated rings. The van der Waals surface area contributed by atoms with E-state index in [1.165, 1.54) is 19.3 Å². The standard InChI is InChI=1S/C18H26F3N7S/c1-12-26-27-15(28(12)2)10-23-17(24-13-6-4-3-5-7-13)22-9-8-16-25-14(11-29-16)18(19,20)21/h11,13H,3-10H2,1-2H3,(H2,22,23,24). The number of halogens is 3. The minimum absolute atomic E-state index is 0.355. The molecule has 0 radical (unpaired) electrons. The number of hydrogen-bond donors (Lipinski definition) is 2. The average molecular weight is 430 g/mol. The molecule has 0 spiro atoms. The van der Waals surface area contributed by atoms with Gasteiger partial charge < -0.3 is 15.2 Å². The van der Waals surface area contributed by atoms with Crippen molar-refractivity contribution in [3.8, 4) is 0 Å². The quantitative estimate of drug-likeness (QED) is 0.545. The number of rotatable bonds is 6. The second-order valence-electron chi connectivity index (χ2n) is 7.17. The fourth-order valence-electron chi connectivity index (χ4n) is 3.18. The third kappa shape index (κ3) is 6.15. The molecule has 0 amide bonds. The van der Waals surface area contributed by atoms with Crippen LogP contribution in [-0.4, -0.2) is 38.3 Å². The highest BCUT2D eigenvalue weighted by atomic mass is 32.1. The van der Waals surface area contributed by atoms with Crippen molar-refractivity contribution in [3.63, 3.8) is 0 Å². The van der Waals surface area contributed by atoms with Crippen molar-refractivity contribution < 1.29 is 13.2 Å². The summed E-state index contributed by atoms with van der Waals surface area (Å²) in [6.45, 7) is 2.69. The van der Waals surface area contributed by atoms with E-state index < -0.39 is 11.9 Å². The van der Waals surface area contributed by atoms with Crippen molar-refractivity contribution in [2.45, 2.75) is 64.2 Å². The predicted octanol–water partition coefficient (Wildman–Crippen LogP) is 3.21. The van der Waals surface area contributed by atoms with Crippen LogP contribution in [0.1, 0.15) is 54.5 Å². The Bertz CT molecular complexity index is 822. The highest BCUT2D eigenvalue weighted by molar-refractivity contribution is 7.09. The first-order chi connectivity index (χ1) is 13.8. The predicted molar refractivity (Wildman–Crippen MR) is 106 cm³/mol. The molecule has 1 aliphatic carbocycles. The van der Waals surface area contributed by atoms with Gasteiger partial charge in [-0.2, -0.15) is 13.2 Å². The molecule has 2 aromatic rings. The third-order valence-electron chi connectivity index (χ3n) is 4.98. The molecule has 3 rings (SSSR count). The number of hydrogen-bond acceptors (Lipinski definition) is 5. The highest BCUT2D eigenvalue weighted by Gasteiger charge is 2.33. The molecule has 1 saturated carbocycles. The average Bonchev–Trinajstić information content (AvgIpc) is 3.28. The minimum Gasteiger partial charge on any atom is -0.356 e. The van der Waals surface area contributed by atoms with Crippen LogP contribution in [0.3, 0.4) is 0 Å². The molecule has 0 saturated heterocycles. The summed E-state index contributed by atoms with van der Waals surface area (Å²) in [5, 5.41) is 16.3. The molecule has 2 N–H and O–H groups in total. The smallest absolute Gasteiger partial charge is 0.356 e. The molecular weight excluding hydrogens is 403 g/mol. The minimum atomic E-state index is -4.40. The van der Waals surface area contributed by atoms with Crippen molar-refractivity contribution in [2.24, 2.45) is 12.0 Å². The summed E-state index contributed by atoms with van der Waals surface area (Å²) in [5.74, 6) is 2.21.